The first-order chi connectivity index (χ1) is 17.4. The number of rotatable bonds is 5. The van der Waals surface area contributed by atoms with Crippen molar-refractivity contribution >= 4 is 41.1 Å². The minimum absolute atomic E-state index is 0. The number of thioether (sulfide) groups is 1. The maximum atomic E-state index is 13.6. The van der Waals surface area contributed by atoms with E-state index < -0.39 is 62.9 Å². The molecule has 1 saturated carbocycles. The van der Waals surface area contributed by atoms with Crippen LogP contribution in [0, 0.1) is 0 Å². The van der Waals surface area contributed by atoms with Crippen LogP contribution >= 0.6 is 11.8 Å². The minimum Gasteiger partial charge on any atom is -0.548 e. The Labute approximate surface area is 243 Å². The molecular formula is C23H25N6NaO7S. The molecule has 4 heterocycles. The number of amides is 3. The fourth-order valence-corrected chi connectivity index (χ4v) is 6.99. The van der Waals surface area contributed by atoms with E-state index in [0.29, 0.717) is 25.7 Å². The summed E-state index contributed by atoms with van der Waals surface area (Å²) in [6.07, 6.45) is 3.81. The van der Waals surface area contributed by atoms with E-state index in [1.54, 1.807) is 13.8 Å². The fraction of sp³-hybridized carbons (Fsp3) is 0.522. The second-order valence-electron chi connectivity index (χ2n) is 10.1. The van der Waals surface area contributed by atoms with E-state index >= 15 is 0 Å². The summed E-state index contributed by atoms with van der Waals surface area (Å²) in [5, 5.41) is 29.8. The Morgan fingerprint density at radius 2 is 1.84 bits per heavy atom. The molecule has 3 N–H and O–H groups in total. The van der Waals surface area contributed by atoms with Gasteiger partial charge in [0.2, 0.25) is 17.7 Å². The SMILES string of the molecule is CC1(C)S[C@@H]2[C@H](NC(=O)C3(NC(=O)c4cnc5ccc(O)nn5c4=O)CCCCC3)C(=O)N2[C@H]1C(=O)[O-].[Na+]. The van der Waals surface area contributed by atoms with Crippen molar-refractivity contribution < 1.29 is 58.9 Å². The largest absolute Gasteiger partial charge is 1.00 e. The van der Waals surface area contributed by atoms with Gasteiger partial charge in [-0.1, -0.05) is 19.3 Å². The number of nitrogens with one attached hydrogen (secondary N) is 2. The maximum Gasteiger partial charge on any atom is 1.00 e. The monoisotopic (exact) mass is 552 g/mol. The molecule has 2 saturated heterocycles. The van der Waals surface area contributed by atoms with Crippen molar-refractivity contribution in [1.29, 1.82) is 0 Å². The Balaban J connectivity index is 0.00000336. The standard InChI is InChI=1S/C23H26N6O7S.Na/c1-22(2)15(20(34)35)28-18(33)14(19(28)37-22)25-21(36)23(8-4-3-5-9-23)26-16(31)11-10-24-12-6-7-13(30)27-29(12)17(11)32;/h6-7,10,14-15,19H,3-5,8-9H2,1-2H3,(H,25,36)(H,26,31)(H,27,30)(H,34,35);/q;+1/p-1/t14-,15+,19-;/m1./s1. The first kappa shape index (κ1) is 28.3. The third kappa shape index (κ3) is 4.56. The molecule has 15 heteroatoms. The van der Waals surface area contributed by atoms with Gasteiger partial charge in [-0.25, -0.2) is 4.98 Å². The molecule has 0 aromatic carbocycles. The van der Waals surface area contributed by atoms with Crippen LogP contribution in [0.25, 0.3) is 5.65 Å². The molecule has 13 nitrogen and oxygen atoms in total. The summed E-state index contributed by atoms with van der Waals surface area (Å²) in [5.41, 5.74) is -2.41. The number of carbonyl (C=O) groups excluding carboxylic acids is 4. The summed E-state index contributed by atoms with van der Waals surface area (Å²) in [5.74, 6) is -3.70. The van der Waals surface area contributed by atoms with Crippen LogP contribution in [0.3, 0.4) is 0 Å². The zero-order valence-corrected chi connectivity index (χ0v) is 23.9. The van der Waals surface area contributed by atoms with Crippen molar-refractivity contribution in [3.05, 3.63) is 34.2 Å². The molecule has 3 amide bonds. The van der Waals surface area contributed by atoms with Gasteiger partial charge in [0.15, 0.2) is 5.65 Å². The van der Waals surface area contributed by atoms with Gasteiger partial charge in [0.1, 0.15) is 22.5 Å². The first-order valence-corrected chi connectivity index (χ1v) is 12.8. The molecule has 2 aromatic rings. The van der Waals surface area contributed by atoms with Crippen LogP contribution in [0.15, 0.2) is 23.1 Å². The molecule has 2 aromatic heterocycles. The maximum absolute atomic E-state index is 13.6. The summed E-state index contributed by atoms with van der Waals surface area (Å²) in [6, 6.07) is 0.558. The van der Waals surface area contributed by atoms with Gasteiger partial charge in [-0.15, -0.1) is 16.9 Å². The number of aromatic hydroxyl groups is 1. The molecule has 1 aliphatic carbocycles. The predicted molar refractivity (Wildman–Crippen MR) is 127 cm³/mol. The van der Waals surface area contributed by atoms with E-state index in [1.807, 2.05) is 0 Å². The molecule has 5 rings (SSSR count). The average Bonchev–Trinajstić information content (AvgIpc) is 3.11. The third-order valence-corrected chi connectivity index (χ3v) is 8.81. The van der Waals surface area contributed by atoms with Gasteiger partial charge in [0, 0.05) is 17.0 Å². The van der Waals surface area contributed by atoms with Crippen LogP contribution in [0.2, 0.25) is 0 Å². The Morgan fingerprint density at radius 3 is 2.50 bits per heavy atom. The van der Waals surface area contributed by atoms with Gasteiger partial charge in [-0.05, 0) is 32.8 Å². The normalized spacial score (nSPS) is 25.1. The van der Waals surface area contributed by atoms with E-state index in [4.69, 9.17) is 0 Å². The second kappa shape index (κ2) is 10.1. The van der Waals surface area contributed by atoms with Gasteiger partial charge in [-0.2, -0.15) is 4.52 Å². The molecule has 0 bridgehead atoms. The van der Waals surface area contributed by atoms with Crippen LogP contribution in [-0.4, -0.2) is 76.0 Å². The van der Waals surface area contributed by atoms with Gasteiger partial charge in [-0.3, -0.25) is 19.2 Å². The average molecular weight is 553 g/mol. The molecule has 0 spiro atoms. The zero-order valence-electron chi connectivity index (χ0n) is 21.1. The van der Waals surface area contributed by atoms with E-state index in [-0.39, 0.29) is 40.8 Å². The number of aromatic nitrogens is 3. The van der Waals surface area contributed by atoms with Crippen LogP contribution < -0.4 is 50.9 Å². The molecular weight excluding hydrogens is 527 g/mol. The molecule has 3 atom stereocenters. The van der Waals surface area contributed by atoms with E-state index in [2.05, 4.69) is 20.7 Å². The quantitative estimate of drug-likeness (QED) is 0.241. The summed E-state index contributed by atoms with van der Waals surface area (Å²) in [7, 11) is 0. The molecule has 0 radical (unpaired) electrons. The third-order valence-electron chi connectivity index (χ3n) is 7.24. The number of carboxylic acid groups (broad SMARTS) is 1. The number of hydrogen-bond donors (Lipinski definition) is 3. The number of β-lactam (4-membered cyclic amide) rings is 1. The van der Waals surface area contributed by atoms with Crippen molar-refractivity contribution in [1.82, 2.24) is 30.1 Å². The zero-order chi connectivity index (χ0) is 26.7. The fourth-order valence-electron chi connectivity index (χ4n) is 5.36. The van der Waals surface area contributed by atoms with E-state index in [1.165, 1.54) is 28.8 Å². The molecule has 2 aliphatic heterocycles. The summed E-state index contributed by atoms with van der Waals surface area (Å²) < 4.78 is -0.00457. The van der Waals surface area contributed by atoms with Crippen molar-refractivity contribution in [2.45, 2.75) is 73.7 Å². The summed E-state index contributed by atoms with van der Waals surface area (Å²) in [6.45, 7) is 3.41. The number of carboxylic acids is 1. The number of hydrogen-bond acceptors (Lipinski definition) is 10. The van der Waals surface area contributed by atoms with Crippen molar-refractivity contribution in [3.63, 3.8) is 0 Å². The van der Waals surface area contributed by atoms with Crippen molar-refractivity contribution in [2.75, 3.05) is 0 Å². The minimum atomic E-state index is -1.37. The predicted octanol–water partition coefficient (Wildman–Crippen LogP) is -4.47. The summed E-state index contributed by atoms with van der Waals surface area (Å²) in [4.78, 5) is 69.4. The number of aliphatic carboxylic acids is 1. The number of fused-ring (bicyclic) bond motifs is 2. The topological polar surface area (TPSA) is 186 Å². The van der Waals surface area contributed by atoms with E-state index in [0.717, 1.165) is 17.1 Å². The van der Waals surface area contributed by atoms with Gasteiger partial charge in [0.25, 0.3) is 11.5 Å². The van der Waals surface area contributed by atoms with E-state index in [9.17, 15) is 34.2 Å². The summed E-state index contributed by atoms with van der Waals surface area (Å²) >= 11 is 1.27. The van der Waals surface area contributed by atoms with Gasteiger partial charge >= 0.3 is 29.6 Å². The van der Waals surface area contributed by atoms with Gasteiger partial charge < -0.3 is 30.5 Å². The Morgan fingerprint density at radius 1 is 1.16 bits per heavy atom. The molecule has 3 fully saturated rings. The van der Waals surface area contributed by atoms with Gasteiger partial charge in [0.05, 0.1) is 12.0 Å². The Bertz CT molecular complexity index is 1390. The smallest absolute Gasteiger partial charge is 0.548 e. The van der Waals surface area contributed by atoms with Crippen LogP contribution in [-0.2, 0) is 14.4 Å². The number of carbonyl (C=O) groups is 4. The molecule has 38 heavy (non-hydrogen) atoms. The molecule has 0 unspecified atom stereocenters. The van der Waals surface area contributed by atoms with Crippen molar-refractivity contribution in [3.8, 4) is 5.88 Å². The Kier molecular flexibility index (Phi) is 7.55. The Hall–Kier alpha value is -2.68. The molecule has 3 aliphatic rings. The van der Waals surface area contributed by atoms with Crippen LogP contribution in [0.4, 0.5) is 0 Å². The van der Waals surface area contributed by atoms with Crippen LogP contribution in [0.5, 0.6) is 5.88 Å². The number of nitrogens with zero attached hydrogens (tertiary/aromatic N) is 4. The van der Waals surface area contributed by atoms with Crippen molar-refractivity contribution in [2.24, 2.45) is 0 Å². The second-order valence-corrected chi connectivity index (χ2v) is 11.8. The van der Waals surface area contributed by atoms with Crippen LogP contribution in [0.1, 0.15) is 56.3 Å². The molecule has 196 valence electrons. The first-order valence-electron chi connectivity index (χ1n) is 11.9.